The van der Waals surface area contributed by atoms with Gasteiger partial charge in [-0.05, 0) is 37.2 Å². The van der Waals surface area contributed by atoms with Crippen molar-refractivity contribution < 1.29 is 0 Å². The summed E-state index contributed by atoms with van der Waals surface area (Å²) in [5.41, 5.74) is 1.60. The van der Waals surface area contributed by atoms with E-state index in [1.54, 1.807) is 17.3 Å². The van der Waals surface area contributed by atoms with E-state index in [1.807, 2.05) is 18.5 Å². The number of aliphatic imine (C=N–C) groups is 1. The van der Waals surface area contributed by atoms with Crippen molar-refractivity contribution in [3.8, 4) is 0 Å². The molecule has 0 bridgehead atoms. The van der Waals surface area contributed by atoms with Crippen LogP contribution in [0, 0.1) is 0 Å². The van der Waals surface area contributed by atoms with E-state index in [0.717, 1.165) is 6.42 Å². The van der Waals surface area contributed by atoms with Crippen molar-refractivity contribution in [3.63, 3.8) is 0 Å². The molecule has 0 aromatic heterocycles. The van der Waals surface area contributed by atoms with Crippen molar-refractivity contribution in [2.75, 3.05) is 0 Å². The number of thioether (sulfide) groups is 1. The van der Waals surface area contributed by atoms with Gasteiger partial charge in [0.15, 0.2) is 0 Å². The third-order valence-corrected chi connectivity index (χ3v) is 3.32. The third-order valence-electron chi connectivity index (χ3n) is 2.47. The lowest BCUT2D eigenvalue weighted by molar-refractivity contribution is 0.690. The van der Waals surface area contributed by atoms with Crippen LogP contribution in [0.15, 0.2) is 39.2 Å². The molecule has 1 aliphatic heterocycles. The maximum atomic E-state index is 4.20. The van der Waals surface area contributed by atoms with Gasteiger partial charge in [-0.15, -0.1) is 11.8 Å². The molecule has 0 radical (unpaired) electrons. The maximum absolute atomic E-state index is 4.20. The van der Waals surface area contributed by atoms with Gasteiger partial charge in [0.25, 0.3) is 0 Å². The van der Waals surface area contributed by atoms with Crippen LogP contribution < -0.4 is 0 Å². The molecule has 0 saturated carbocycles. The van der Waals surface area contributed by atoms with E-state index in [9.17, 15) is 0 Å². The minimum atomic E-state index is 1.10. The van der Waals surface area contributed by atoms with Crippen molar-refractivity contribution >= 4 is 18.0 Å². The van der Waals surface area contributed by atoms with Crippen LogP contribution in [0.5, 0.6) is 0 Å². The van der Waals surface area contributed by atoms with Gasteiger partial charge in [0.2, 0.25) is 0 Å². The second-order valence-electron chi connectivity index (χ2n) is 3.62. The Kier molecular flexibility index (Phi) is 3.64. The summed E-state index contributed by atoms with van der Waals surface area (Å²) in [7, 11) is 0. The highest BCUT2D eigenvalue weighted by Crippen LogP contribution is 2.30. The van der Waals surface area contributed by atoms with Gasteiger partial charge in [-0.3, -0.25) is 4.99 Å². The van der Waals surface area contributed by atoms with Crippen LogP contribution in [0.3, 0.4) is 0 Å². The molecule has 0 aromatic rings. The first kappa shape index (κ1) is 9.78. The second kappa shape index (κ2) is 5.20. The Labute approximate surface area is 89.7 Å². The van der Waals surface area contributed by atoms with Gasteiger partial charge in [0.1, 0.15) is 0 Å². The molecule has 0 aromatic carbocycles. The SMILES string of the molecule is C1=CSC(CC2=CCCCC2)=CN=C1. The lowest BCUT2D eigenvalue weighted by atomic mass is 9.97. The maximum Gasteiger partial charge on any atom is 0.0369 e. The van der Waals surface area contributed by atoms with Crippen LogP contribution in [-0.4, -0.2) is 6.21 Å². The molecule has 74 valence electrons. The van der Waals surface area contributed by atoms with Gasteiger partial charge in [0, 0.05) is 23.7 Å². The molecule has 1 nitrogen and oxygen atoms in total. The van der Waals surface area contributed by atoms with Crippen molar-refractivity contribution in [2.24, 2.45) is 4.99 Å². The summed E-state index contributed by atoms with van der Waals surface area (Å²) in [6.45, 7) is 0. The lowest BCUT2D eigenvalue weighted by Gasteiger charge is -2.12. The zero-order valence-electron chi connectivity index (χ0n) is 8.28. The molecule has 0 unspecified atom stereocenters. The third kappa shape index (κ3) is 2.88. The summed E-state index contributed by atoms with van der Waals surface area (Å²) in [6.07, 6.45) is 14.6. The highest BCUT2D eigenvalue weighted by molar-refractivity contribution is 8.05. The molecule has 0 fully saturated rings. The normalized spacial score (nSPS) is 21.4. The quantitative estimate of drug-likeness (QED) is 0.619. The van der Waals surface area contributed by atoms with E-state index in [-0.39, 0.29) is 0 Å². The number of nitrogens with zero attached hydrogens (tertiary/aromatic N) is 1. The predicted molar refractivity (Wildman–Crippen MR) is 64.5 cm³/mol. The summed E-state index contributed by atoms with van der Waals surface area (Å²) in [6, 6.07) is 0. The Morgan fingerprint density at radius 1 is 1.36 bits per heavy atom. The molecule has 2 heteroatoms. The Hall–Kier alpha value is -0.760. The van der Waals surface area contributed by atoms with E-state index >= 15 is 0 Å². The Morgan fingerprint density at radius 3 is 3.21 bits per heavy atom. The van der Waals surface area contributed by atoms with E-state index in [2.05, 4.69) is 16.5 Å². The molecule has 1 heterocycles. The van der Waals surface area contributed by atoms with Crippen molar-refractivity contribution in [2.45, 2.75) is 32.1 Å². The molecule has 0 atom stereocenters. The van der Waals surface area contributed by atoms with Crippen LogP contribution in [0.25, 0.3) is 0 Å². The number of hydrogen-bond acceptors (Lipinski definition) is 2. The van der Waals surface area contributed by atoms with Crippen LogP contribution in [-0.2, 0) is 0 Å². The van der Waals surface area contributed by atoms with Crippen molar-refractivity contribution in [1.82, 2.24) is 0 Å². The lowest BCUT2D eigenvalue weighted by Crippen LogP contribution is -1.92. The minimum absolute atomic E-state index is 1.10. The van der Waals surface area contributed by atoms with Crippen LogP contribution in [0.4, 0.5) is 0 Å². The molecule has 0 spiro atoms. The standard InChI is InChI=1S/C12H15NS/c1-2-5-11(6-3-1)9-12-10-13-7-4-8-14-12/h4-5,7-8,10H,1-3,6,9H2. The summed E-state index contributed by atoms with van der Waals surface area (Å²) in [4.78, 5) is 5.56. The van der Waals surface area contributed by atoms with Gasteiger partial charge in [-0.1, -0.05) is 11.6 Å². The first-order valence-corrected chi connectivity index (χ1v) is 6.05. The molecule has 2 rings (SSSR count). The summed E-state index contributed by atoms with van der Waals surface area (Å²) in [5, 5.41) is 2.10. The number of hydrogen-bond donors (Lipinski definition) is 0. The van der Waals surface area contributed by atoms with Crippen LogP contribution in [0.1, 0.15) is 32.1 Å². The summed E-state index contributed by atoms with van der Waals surface area (Å²) >= 11 is 1.79. The molecule has 0 saturated heterocycles. The second-order valence-corrected chi connectivity index (χ2v) is 4.66. The molecular weight excluding hydrogens is 190 g/mol. The fraction of sp³-hybridized carbons (Fsp3) is 0.417. The Balaban J connectivity index is 1.96. The summed E-state index contributed by atoms with van der Waals surface area (Å²) in [5.74, 6) is 0. The smallest absolute Gasteiger partial charge is 0.0369 e. The largest absolute Gasteiger partial charge is 0.264 e. The zero-order valence-corrected chi connectivity index (χ0v) is 9.09. The van der Waals surface area contributed by atoms with Crippen molar-refractivity contribution in [3.05, 3.63) is 34.2 Å². The fourth-order valence-corrected chi connectivity index (χ4v) is 2.46. The van der Waals surface area contributed by atoms with Gasteiger partial charge >= 0.3 is 0 Å². The Bertz CT molecular complexity index is 310. The number of rotatable bonds is 2. The first-order chi connectivity index (χ1) is 6.95. The zero-order chi connectivity index (χ0) is 9.64. The van der Waals surface area contributed by atoms with Gasteiger partial charge in [0.05, 0.1) is 0 Å². The van der Waals surface area contributed by atoms with Crippen molar-refractivity contribution in [1.29, 1.82) is 0 Å². The van der Waals surface area contributed by atoms with E-state index in [1.165, 1.54) is 30.6 Å². The van der Waals surface area contributed by atoms with Gasteiger partial charge in [-0.2, -0.15) is 0 Å². The molecule has 1 aliphatic carbocycles. The molecular formula is C12H15NS. The number of allylic oxidation sites excluding steroid dienone is 4. The van der Waals surface area contributed by atoms with Gasteiger partial charge in [-0.25, -0.2) is 0 Å². The monoisotopic (exact) mass is 205 g/mol. The molecule has 0 N–H and O–H groups in total. The summed E-state index contributed by atoms with van der Waals surface area (Å²) < 4.78 is 0. The minimum Gasteiger partial charge on any atom is -0.264 e. The topological polar surface area (TPSA) is 12.4 Å². The fourth-order valence-electron chi connectivity index (χ4n) is 1.74. The average Bonchev–Trinajstić information content (AvgIpc) is 2.48. The first-order valence-electron chi connectivity index (χ1n) is 5.17. The molecule has 2 aliphatic rings. The van der Waals surface area contributed by atoms with E-state index in [0.29, 0.717) is 0 Å². The van der Waals surface area contributed by atoms with E-state index < -0.39 is 0 Å². The van der Waals surface area contributed by atoms with E-state index in [4.69, 9.17) is 0 Å². The Morgan fingerprint density at radius 2 is 2.36 bits per heavy atom. The highest BCUT2D eigenvalue weighted by Gasteiger charge is 2.06. The predicted octanol–water partition coefficient (Wildman–Crippen LogP) is 4.05. The van der Waals surface area contributed by atoms with Crippen LogP contribution >= 0.6 is 11.8 Å². The highest BCUT2D eigenvalue weighted by atomic mass is 32.2. The molecule has 0 amide bonds. The average molecular weight is 205 g/mol. The van der Waals surface area contributed by atoms with Crippen LogP contribution in [0.2, 0.25) is 0 Å². The molecule has 14 heavy (non-hydrogen) atoms. The van der Waals surface area contributed by atoms with Gasteiger partial charge < -0.3 is 0 Å².